The van der Waals surface area contributed by atoms with Crippen LogP contribution in [0, 0.1) is 0 Å². The van der Waals surface area contributed by atoms with Gasteiger partial charge in [-0.2, -0.15) is 0 Å². The summed E-state index contributed by atoms with van der Waals surface area (Å²) in [6, 6.07) is 8.78. The molecule has 0 saturated carbocycles. The van der Waals surface area contributed by atoms with Gasteiger partial charge in [-0.25, -0.2) is 4.98 Å². The molecule has 0 radical (unpaired) electrons. The summed E-state index contributed by atoms with van der Waals surface area (Å²) >= 11 is 6.08. The van der Waals surface area contributed by atoms with Crippen LogP contribution in [0.5, 0.6) is 5.75 Å². The fraction of sp³-hybridized carbons (Fsp3) is 0.333. The maximum Gasteiger partial charge on any atom is 0.274 e. The smallest absolute Gasteiger partial charge is 0.274 e. The van der Waals surface area contributed by atoms with E-state index in [4.69, 9.17) is 16.3 Å². The Morgan fingerprint density at radius 2 is 1.96 bits per heavy atom. The van der Waals surface area contributed by atoms with Gasteiger partial charge >= 0.3 is 0 Å². The number of hydrogen-bond acceptors (Lipinski definition) is 5. The lowest BCUT2D eigenvalue weighted by Crippen LogP contribution is -2.44. The van der Waals surface area contributed by atoms with Crippen molar-refractivity contribution in [3.63, 3.8) is 0 Å². The summed E-state index contributed by atoms with van der Waals surface area (Å²) in [7, 11) is 3.67. The van der Waals surface area contributed by atoms with E-state index in [1.54, 1.807) is 37.6 Å². The number of hydrogen-bond donors (Lipinski definition) is 1. The predicted octanol–water partition coefficient (Wildman–Crippen LogP) is 2.75. The van der Waals surface area contributed by atoms with Crippen LogP contribution in [0.15, 0.2) is 36.5 Å². The van der Waals surface area contributed by atoms with Crippen molar-refractivity contribution in [2.75, 3.05) is 50.6 Å². The van der Waals surface area contributed by atoms with Crippen molar-refractivity contribution >= 4 is 28.9 Å². The number of nitrogens with one attached hydrogen (secondary N) is 1. The fourth-order valence-electron chi connectivity index (χ4n) is 2.71. The molecule has 132 valence electrons. The van der Waals surface area contributed by atoms with Crippen LogP contribution >= 0.6 is 11.6 Å². The summed E-state index contributed by atoms with van der Waals surface area (Å²) in [5.74, 6) is 0.292. The first-order valence-electron chi connectivity index (χ1n) is 8.11. The summed E-state index contributed by atoms with van der Waals surface area (Å²) in [5, 5.41) is 3.24. The van der Waals surface area contributed by atoms with Gasteiger partial charge in [0.25, 0.3) is 5.91 Å². The topological polar surface area (TPSA) is 57.7 Å². The second-order valence-corrected chi connectivity index (χ2v) is 6.40. The Labute approximate surface area is 152 Å². The van der Waals surface area contributed by atoms with Gasteiger partial charge in [-0.15, -0.1) is 0 Å². The van der Waals surface area contributed by atoms with Crippen molar-refractivity contribution in [1.29, 1.82) is 0 Å². The molecule has 1 aromatic heterocycles. The van der Waals surface area contributed by atoms with Crippen LogP contribution in [0.25, 0.3) is 0 Å². The molecule has 1 aromatic carbocycles. The normalized spacial score (nSPS) is 15.1. The largest absolute Gasteiger partial charge is 0.495 e. The number of piperazine rings is 1. The molecule has 0 unspecified atom stereocenters. The summed E-state index contributed by atoms with van der Waals surface area (Å²) in [4.78, 5) is 21.2. The highest BCUT2D eigenvalue weighted by Gasteiger charge is 2.15. The van der Waals surface area contributed by atoms with Gasteiger partial charge in [0.2, 0.25) is 0 Å². The summed E-state index contributed by atoms with van der Waals surface area (Å²) in [6.07, 6.45) is 1.75. The van der Waals surface area contributed by atoms with Gasteiger partial charge in [0.1, 0.15) is 11.4 Å². The molecular weight excluding hydrogens is 340 g/mol. The fourth-order valence-corrected chi connectivity index (χ4v) is 2.97. The summed E-state index contributed by atoms with van der Waals surface area (Å²) in [6.45, 7) is 3.99. The number of likely N-dealkylation sites (N-methyl/N-ethyl adjacent to an activating group) is 1. The van der Waals surface area contributed by atoms with Crippen molar-refractivity contribution < 1.29 is 9.53 Å². The molecule has 1 fully saturated rings. The van der Waals surface area contributed by atoms with E-state index in [1.807, 2.05) is 6.07 Å². The lowest BCUT2D eigenvalue weighted by atomic mass is 10.2. The molecule has 1 aliphatic heterocycles. The van der Waals surface area contributed by atoms with Crippen LogP contribution in [0.1, 0.15) is 10.5 Å². The molecule has 1 saturated heterocycles. The van der Waals surface area contributed by atoms with E-state index in [1.165, 1.54) is 0 Å². The van der Waals surface area contributed by atoms with Crippen LogP contribution in [-0.4, -0.2) is 56.1 Å². The second kappa shape index (κ2) is 7.72. The zero-order valence-electron chi connectivity index (χ0n) is 14.3. The zero-order valence-corrected chi connectivity index (χ0v) is 15.1. The van der Waals surface area contributed by atoms with Gasteiger partial charge in [0.05, 0.1) is 24.0 Å². The minimum Gasteiger partial charge on any atom is -0.495 e. The number of nitrogens with zero attached hydrogens (tertiary/aromatic N) is 3. The van der Waals surface area contributed by atoms with Gasteiger partial charge < -0.3 is 19.9 Å². The molecule has 1 aliphatic rings. The molecule has 25 heavy (non-hydrogen) atoms. The van der Waals surface area contributed by atoms with Crippen molar-refractivity contribution in [1.82, 2.24) is 9.88 Å². The number of pyridine rings is 1. The Kier molecular flexibility index (Phi) is 5.40. The maximum absolute atomic E-state index is 12.3. The number of rotatable bonds is 4. The molecule has 1 N–H and O–H groups in total. The molecule has 0 atom stereocenters. The molecule has 0 aliphatic carbocycles. The SMILES string of the molecule is COc1ccc(NC(=O)c2ccc(N3CCN(C)CC3)cn2)cc1Cl. The molecule has 2 aromatic rings. The van der Waals surface area contributed by atoms with Gasteiger partial charge in [0, 0.05) is 31.9 Å². The average molecular weight is 361 g/mol. The molecule has 2 heterocycles. The number of carbonyl (C=O) groups is 1. The highest BCUT2D eigenvalue weighted by Crippen LogP contribution is 2.27. The lowest BCUT2D eigenvalue weighted by Gasteiger charge is -2.33. The predicted molar refractivity (Wildman–Crippen MR) is 99.9 cm³/mol. The van der Waals surface area contributed by atoms with Crippen molar-refractivity contribution in [3.8, 4) is 5.75 Å². The van der Waals surface area contributed by atoms with E-state index >= 15 is 0 Å². The number of methoxy groups -OCH3 is 1. The van der Waals surface area contributed by atoms with Crippen molar-refractivity contribution in [3.05, 3.63) is 47.2 Å². The molecule has 0 spiro atoms. The van der Waals surface area contributed by atoms with E-state index in [9.17, 15) is 4.79 Å². The quantitative estimate of drug-likeness (QED) is 0.908. The molecular formula is C18H21ClN4O2. The van der Waals surface area contributed by atoms with Gasteiger partial charge in [0.15, 0.2) is 0 Å². The van der Waals surface area contributed by atoms with E-state index in [-0.39, 0.29) is 5.91 Å². The average Bonchev–Trinajstić information content (AvgIpc) is 2.63. The van der Waals surface area contributed by atoms with Crippen LogP contribution in [0.3, 0.4) is 0 Å². The summed E-state index contributed by atoms with van der Waals surface area (Å²) < 4.78 is 5.10. The number of anilines is 2. The third kappa shape index (κ3) is 4.21. The molecule has 0 bridgehead atoms. The van der Waals surface area contributed by atoms with Crippen LogP contribution in [0.4, 0.5) is 11.4 Å². The Bertz CT molecular complexity index is 743. The Morgan fingerprint density at radius 1 is 1.20 bits per heavy atom. The van der Waals surface area contributed by atoms with Crippen molar-refractivity contribution in [2.45, 2.75) is 0 Å². The number of halogens is 1. The highest BCUT2D eigenvalue weighted by atomic mass is 35.5. The molecule has 3 rings (SSSR count). The maximum atomic E-state index is 12.3. The van der Waals surface area contributed by atoms with Crippen LogP contribution < -0.4 is 15.0 Å². The number of ether oxygens (including phenoxy) is 1. The van der Waals surface area contributed by atoms with Crippen LogP contribution in [0.2, 0.25) is 5.02 Å². The molecule has 6 nitrogen and oxygen atoms in total. The molecule has 1 amide bonds. The first-order valence-corrected chi connectivity index (χ1v) is 8.49. The minimum absolute atomic E-state index is 0.272. The minimum atomic E-state index is -0.272. The van der Waals surface area contributed by atoms with Gasteiger partial charge in [-0.1, -0.05) is 11.6 Å². The third-order valence-corrected chi connectivity index (χ3v) is 4.55. The Hall–Kier alpha value is -2.31. The van der Waals surface area contributed by atoms with Gasteiger partial charge in [-0.3, -0.25) is 4.79 Å². The van der Waals surface area contributed by atoms with E-state index < -0.39 is 0 Å². The molecule has 7 heteroatoms. The monoisotopic (exact) mass is 360 g/mol. The number of benzene rings is 1. The van der Waals surface area contributed by atoms with Crippen LogP contribution in [-0.2, 0) is 0 Å². The third-order valence-electron chi connectivity index (χ3n) is 4.26. The van der Waals surface area contributed by atoms with E-state index in [2.05, 4.69) is 27.1 Å². The van der Waals surface area contributed by atoms with E-state index in [0.717, 1.165) is 31.9 Å². The first kappa shape index (κ1) is 17.5. The second-order valence-electron chi connectivity index (χ2n) is 6.00. The number of carbonyl (C=O) groups excluding carboxylic acids is 1. The van der Waals surface area contributed by atoms with Gasteiger partial charge in [-0.05, 0) is 37.4 Å². The number of aromatic nitrogens is 1. The first-order chi connectivity index (χ1) is 12.1. The van der Waals surface area contributed by atoms with E-state index in [0.29, 0.717) is 22.2 Å². The Balaban J connectivity index is 1.65. The van der Waals surface area contributed by atoms with Crippen molar-refractivity contribution in [2.24, 2.45) is 0 Å². The number of amides is 1. The zero-order chi connectivity index (χ0) is 17.8. The summed E-state index contributed by atoms with van der Waals surface area (Å²) in [5.41, 5.74) is 2.00. The standard InChI is InChI=1S/C18H21ClN4O2/c1-22-7-9-23(10-8-22)14-4-5-16(20-12-14)18(24)21-13-3-6-17(25-2)15(19)11-13/h3-6,11-12H,7-10H2,1-2H3,(H,21,24). The lowest BCUT2D eigenvalue weighted by molar-refractivity contribution is 0.102. The highest BCUT2D eigenvalue weighted by molar-refractivity contribution is 6.32. The Morgan fingerprint density at radius 3 is 2.56 bits per heavy atom.